The number of hydrogen-bond acceptors (Lipinski definition) is 5. The summed E-state index contributed by atoms with van der Waals surface area (Å²) in [5.74, 6) is 0. The Hall–Kier alpha value is -1.57. The summed E-state index contributed by atoms with van der Waals surface area (Å²) < 4.78 is 5.74. The molecule has 1 saturated heterocycles. The second kappa shape index (κ2) is 7.33. The molecule has 0 saturated carbocycles. The number of rotatable bonds is 3. The number of aromatic nitrogens is 1. The van der Waals surface area contributed by atoms with Gasteiger partial charge in [0.05, 0.1) is 18.8 Å². The van der Waals surface area contributed by atoms with Gasteiger partial charge < -0.3 is 15.0 Å². The highest BCUT2D eigenvalue weighted by atomic mass is 32.2. The molecule has 1 aliphatic heterocycles. The molecule has 1 aromatic heterocycles. The van der Waals surface area contributed by atoms with E-state index >= 15 is 0 Å². The van der Waals surface area contributed by atoms with Crippen LogP contribution in [0.4, 0.5) is 10.5 Å². The maximum Gasteiger partial charge on any atom is 0.322 e. The third-order valence-electron chi connectivity index (χ3n) is 3.77. The number of carbonyl (C=O) groups excluding carboxylic acids is 1. The Morgan fingerprint density at radius 2 is 2.39 bits per heavy atom. The van der Waals surface area contributed by atoms with Crippen molar-refractivity contribution < 1.29 is 9.53 Å². The van der Waals surface area contributed by atoms with Crippen molar-refractivity contribution in [3.05, 3.63) is 40.3 Å². The summed E-state index contributed by atoms with van der Waals surface area (Å²) in [6.45, 7) is 3.65. The molecule has 23 heavy (non-hydrogen) atoms. The molecule has 1 atom stereocenters. The van der Waals surface area contributed by atoms with Crippen LogP contribution in [0.5, 0.6) is 0 Å². The molecule has 7 heteroatoms. The van der Waals surface area contributed by atoms with Crippen molar-refractivity contribution in [1.29, 1.82) is 0 Å². The lowest BCUT2D eigenvalue weighted by Gasteiger charge is -2.32. The summed E-state index contributed by atoms with van der Waals surface area (Å²) in [7, 11) is 0. The number of aryl methyl sites for hydroxylation is 1. The summed E-state index contributed by atoms with van der Waals surface area (Å²) in [5.41, 5.74) is 1.96. The largest absolute Gasteiger partial charge is 0.367 e. The predicted molar refractivity (Wildman–Crippen MR) is 94.4 cm³/mol. The molecule has 122 valence electrons. The number of carbonyl (C=O) groups is 1. The lowest BCUT2D eigenvalue weighted by atomic mass is 10.2. The van der Waals surface area contributed by atoms with Crippen molar-refractivity contribution in [2.24, 2.45) is 0 Å². The molecule has 2 aromatic rings. The van der Waals surface area contributed by atoms with Crippen LogP contribution in [0, 0.1) is 6.92 Å². The van der Waals surface area contributed by atoms with Gasteiger partial charge in [-0.1, -0.05) is 12.1 Å². The molecule has 3 rings (SSSR count). The fourth-order valence-corrected chi connectivity index (χ4v) is 3.84. The molecule has 1 aliphatic rings. The molecular formula is C16H19N3O2S2. The highest BCUT2D eigenvalue weighted by molar-refractivity contribution is 7.98. The van der Waals surface area contributed by atoms with Gasteiger partial charge in [0.25, 0.3) is 0 Å². The lowest BCUT2D eigenvalue weighted by molar-refractivity contribution is -0.0136. The number of urea groups is 1. The molecule has 0 unspecified atom stereocenters. The fraction of sp³-hybridized carbons (Fsp3) is 0.375. The summed E-state index contributed by atoms with van der Waals surface area (Å²) in [6.07, 6.45) is 3.64. The van der Waals surface area contributed by atoms with E-state index in [0.717, 1.165) is 21.2 Å². The number of para-hydroxylation sites is 1. The Kier molecular flexibility index (Phi) is 5.20. The third kappa shape index (κ3) is 3.68. The molecule has 2 amide bonds. The van der Waals surface area contributed by atoms with E-state index in [9.17, 15) is 4.79 Å². The molecule has 1 aromatic carbocycles. The van der Waals surface area contributed by atoms with Crippen molar-refractivity contribution in [1.82, 2.24) is 9.88 Å². The van der Waals surface area contributed by atoms with Crippen molar-refractivity contribution in [3.63, 3.8) is 0 Å². The second-order valence-electron chi connectivity index (χ2n) is 5.26. The molecule has 5 nitrogen and oxygen atoms in total. The number of amides is 2. The molecule has 0 radical (unpaired) electrons. The number of anilines is 1. The van der Waals surface area contributed by atoms with Crippen molar-refractivity contribution in [3.8, 4) is 0 Å². The van der Waals surface area contributed by atoms with Gasteiger partial charge in [-0.25, -0.2) is 9.78 Å². The van der Waals surface area contributed by atoms with Crippen LogP contribution in [0.3, 0.4) is 0 Å². The first-order valence-electron chi connectivity index (χ1n) is 7.39. The van der Waals surface area contributed by atoms with Crippen LogP contribution < -0.4 is 5.32 Å². The van der Waals surface area contributed by atoms with Crippen LogP contribution in [0.25, 0.3) is 0 Å². The van der Waals surface area contributed by atoms with Crippen LogP contribution in [0.1, 0.15) is 16.7 Å². The van der Waals surface area contributed by atoms with Gasteiger partial charge in [-0.2, -0.15) is 0 Å². The molecular weight excluding hydrogens is 330 g/mol. The van der Waals surface area contributed by atoms with Crippen molar-refractivity contribution >= 4 is 34.8 Å². The van der Waals surface area contributed by atoms with Gasteiger partial charge in [0.15, 0.2) is 0 Å². The Labute approximate surface area is 144 Å². The van der Waals surface area contributed by atoms with Gasteiger partial charge in [-0.3, -0.25) is 0 Å². The third-order valence-corrected chi connectivity index (χ3v) is 5.41. The number of nitrogens with one attached hydrogen (secondary N) is 1. The average Bonchev–Trinajstić information content (AvgIpc) is 3.11. The number of nitrogens with zero attached hydrogens (tertiary/aromatic N) is 2. The number of thioether (sulfide) groups is 1. The summed E-state index contributed by atoms with van der Waals surface area (Å²) >= 11 is 3.19. The molecule has 0 bridgehead atoms. The zero-order valence-corrected chi connectivity index (χ0v) is 14.7. The van der Waals surface area contributed by atoms with Crippen LogP contribution >= 0.6 is 23.1 Å². The number of ether oxygens (including phenoxy) is 1. The van der Waals surface area contributed by atoms with E-state index in [1.54, 1.807) is 34.2 Å². The van der Waals surface area contributed by atoms with E-state index in [1.165, 1.54) is 0 Å². The number of morpholine rings is 1. The zero-order valence-electron chi connectivity index (χ0n) is 13.1. The maximum absolute atomic E-state index is 12.6. The minimum atomic E-state index is -0.133. The second-order valence-corrected chi connectivity index (χ2v) is 7.03. The van der Waals surface area contributed by atoms with Crippen LogP contribution in [-0.2, 0) is 4.74 Å². The van der Waals surface area contributed by atoms with Gasteiger partial charge >= 0.3 is 6.03 Å². The van der Waals surface area contributed by atoms with E-state index in [0.29, 0.717) is 19.7 Å². The minimum absolute atomic E-state index is 0.0838. The SMILES string of the molecule is CSc1cccc(C)c1NC(=O)N1CCO[C@H](c2nccs2)C1. The smallest absolute Gasteiger partial charge is 0.322 e. The van der Waals surface area contributed by atoms with Crippen LogP contribution in [-0.4, -0.2) is 41.9 Å². The van der Waals surface area contributed by atoms with Gasteiger partial charge in [-0.05, 0) is 24.8 Å². The minimum Gasteiger partial charge on any atom is -0.367 e. The number of hydrogen-bond donors (Lipinski definition) is 1. The van der Waals surface area contributed by atoms with E-state index in [-0.39, 0.29) is 12.1 Å². The number of thiazole rings is 1. The van der Waals surface area contributed by atoms with Gasteiger partial charge in [-0.15, -0.1) is 23.1 Å². The first kappa shape index (κ1) is 16.3. The summed E-state index contributed by atoms with van der Waals surface area (Å²) in [6, 6.07) is 5.95. The Balaban J connectivity index is 1.71. The highest BCUT2D eigenvalue weighted by Gasteiger charge is 2.27. The molecule has 0 aliphatic carbocycles. The standard InChI is InChI=1S/C16H19N3O2S2/c1-11-4-3-5-13(22-2)14(11)18-16(20)19-7-8-21-12(10-19)15-17-6-9-23-15/h3-6,9,12H,7-8,10H2,1-2H3,(H,18,20)/t12-/m0/s1. The molecule has 1 fully saturated rings. The highest BCUT2D eigenvalue weighted by Crippen LogP contribution is 2.29. The fourth-order valence-electron chi connectivity index (χ4n) is 2.53. The van der Waals surface area contributed by atoms with E-state index in [2.05, 4.69) is 10.3 Å². The average molecular weight is 349 g/mol. The van der Waals surface area contributed by atoms with Crippen molar-refractivity contribution in [2.75, 3.05) is 31.3 Å². The van der Waals surface area contributed by atoms with E-state index < -0.39 is 0 Å². The quantitative estimate of drug-likeness (QED) is 0.857. The topological polar surface area (TPSA) is 54.5 Å². The first-order chi connectivity index (χ1) is 11.2. The normalized spacial score (nSPS) is 18.0. The monoisotopic (exact) mass is 349 g/mol. The summed E-state index contributed by atoms with van der Waals surface area (Å²) in [5, 5.41) is 5.90. The summed E-state index contributed by atoms with van der Waals surface area (Å²) in [4.78, 5) is 19.8. The van der Waals surface area contributed by atoms with Gasteiger partial charge in [0.1, 0.15) is 11.1 Å². The van der Waals surface area contributed by atoms with Crippen molar-refractivity contribution in [2.45, 2.75) is 17.9 Å². The first-order valence-corrected chi connectivity index (χ1v) is 9.50. The van der Waals surface area contributed by atoms with E-state index in [1.807, 2.05) is 36.8 Å². The van der Waals surface area contributed by atoms with Gasteiger partial charge in [0, 0.05) is 23.0 Å². The Bertz CT molecular complexity index is 676. The maximum atomic E-state index is 12.6. The number of benzene rings is 1. The lowest BCUT2D eigenvalue weighted by Crippen LogP contribution is -2.44. The van der Waals surface area contributed by atoms with Gasteiger partial charge in [0.2, 0.25) is 0 Å². The Morgan fingerprint density at radius 3 is 3.13 bits per heavy atom. The molecule has 1 N–H and O–H groups in total. The predicted octanol–water partition coefficient (Wildman–Crippen LogP) is 3.78. The molecule has 2 heterocycles. The van der Waals surface area contributed by atoms with E-state index in [4.69, 9.17) is 4.74 Å². The van der Waals surface area contributed by atoms with Crippen LogP contribution in [0.2, 0.25) is 0 Å². The Morgan fingerprint density at radius 1 is 1.52 bits per heavy atom. The zero-order chi connectivity index (χ0) is 16.2. The molecule has 0 spiro atoms. The van der Waals surface area contributed by atoms with Crippen LogP contribution in [0.15, 0.2) is 34.7 Å².